The molecule has 0 unspecified atom stereocenters. The number of nitrogens with zero attached hydrogens (tertiary/aromatic N) is 1. The molecule has 1 aromatic heterocycles. The molecule has 0 spiro atoms. The molecule has 4 nitrogen and oxygen atoms in total. The average Bonchev–Trinajstić information content (AvgIpc) is 3.00. The van der Waals surface area contributed by atoms with Crippen LogP contribution in [0.1, 0.15) is 21.5 Å². The molecule has 3 aromatic rings. The molecule has 0 aliphatic carbocycles. The van der Waals surface area contributed by atoms with E-state index in [0.29, 0.717) is 11.0 Å². The van der Waals surface area contributed by atoms with Gasteiger partial charge in [0, 0.05) is 10.9 Å². The Morgan fingerprint density at radius 2 is 1.92 bits per heavy atom. The standard InChI is InChI=1S/C17H8F3NO3/c18-17(19,20)14-7-10(1-2-12(14)16(22)23)13-6-9(8-21)5-11-3-4-24-15(11)13/h1-7H,(H,22,23). The Labute approximate surface area is 133 Å². The van der Waals surface area contributed by atoms with Crippen molar-refractivity contribution in [2.24, 2.45) is 0 Å². The number of hydrogen-bond acceptors (Lipinski definition) is 3. The summed E-state index contributed by atoms with van der Waals surface area (Å²) >= 11 is 0. The fourth-order valence-corrected chi connectivity index (χ4v) is 2.49. The van der Waals surface area contributed by atoms with Crippen LogP contribution in [0.4, 0.5) is 13.2 Å². The van der Waals surface area contributed by atoms with Gasteiger partial charge in [0.25, 0.3) is 0 Å². The number of benzene rings is 2. The fraction of sp³-hybridized carbons (Fsp3) is 0.0588. The lowest BCUT2D eigenvalue weighted by Gasteiger charge is -2.12. The summed E-state index contributed by atoms with van der Waals surface area (Å²) in [5.41, 5.74) is -1.10. The van der Waals surface area contributed by atoms with E-state index in [4.69, 9.17) is 14.8 Å². The summed E-state index contributed by atoms with van der Waals surface area (Å²) in [6.45, 7) is 0. The van der Waals surface area contributed by atoms with E-state index >= 15 is 0 Å². The summed E-state index contributed by atoms with van der Waals surface area (Å²) in [6.07, 6.45) is -3.45. The number of rotatable bonds is 2. The highest BCUT2D eigenvalue weighted by Gasteiger charge is 2.35. The van der Waals surface area contributed by atoms with E-state index in [-0.39, 0.29) is 16.7 Å². The van der Waals surface area contributed by atoms with Crippen molar-refractivity contribution in [2.75, 3.05) is 0 Å². The van der Waals surface area contributed by atoms with Gasteiger partial charge in [-0.05, 0) is 35.9 Å². The SMILES string of the molecule is N#Cc1cc(-c2ccc(C(=O)O)c(C(F)(F)F)c2)c2occc2c1. The van der Waals surface area contributed by atoms with Gasteiger partial charge in [0.05, 0.1) is 29.0 Å². The van der Waals surface area contributed by atoms with Gasteiger partial charge in [0.1, 0.15) is 5.58 Å². The van der Waals surface area contributed by atoms with Gasteiger partial charge in [-0.1, -0.05) is 6.07 Å². The van der Waals surface area contributed by atoms with Crippen molar-refractivity contribution in [3.8, 4) is 17.2 Å². The minimum atomic E-state index is -4.82. The van der Waals surface area contributed by atoms with E-state index in [1.54, 1.807) is 12.1 Å². The molecule has 2 aromatic carbocycles. The lowest BCUT2D eigenvalue weighted by atomic mass is 9.96. The Hall–Kier alpha value is -3.27. The van der Waals surface area contributed by atoms with Crippen molar-refractivity contribution in [2.45, 2.75) is 6.18 Å². The van der Waals surface area contributed by atoms with Gasteiger partial charge in [-0.25, -0.2) is 4.79 Å². The molecule has 120 valence electrons. The second-order valence-electron chi connectivity index (χ2n) is 5.04. The molecular weight excluding hydrogens is 323 g/mol. The zero-order valence-corrected chi connectivity index (χ0v) is 11.9. The average molecular weight is 331 g/mol. The number of carbonyl (C=O) groups is 1. The lowest BCUT2D eigenvalue weighted by Crippen LogP contribution is -2.13. The van der Waals surface area contributed by atoms with Crippen LogP contribution in [-0.4, -0.2) is 11.1 Å². The Kier molecular flexibility index (Phi) is 3.53. The van der Waals surface area contributed by atoms with Crippen LogP contribution in [0.3, 0.4) is 0 Å². The highest BCUT2D eigenvalue weighted by molar-refractivity contribution is 5.95. The number of alkyl halides is 3. The number of carboxylic acid groups (broad SMARTS) is 1. The van der Waals surface area contributed by atoms with Crippen molar-refractivity contribution in [3.63, 3.8) is 0 Å². The van der Waals surface area contributed by atoms with Crippen LogP contribution in [0, 0.1) is 11.3 Å². The molecule has 0 saturated carbocycles. The van der Waals surface area contributed by atoms with Crippen molar-refractivity contribution in [3.05, 3.63) is 59.4 Å². The van der Waals surface area contributed by atoms with Crippen LogP contribution in [0.25, 0.3) is 22.1 Å². The Balaban J connectivity index is 2.30. The summed E-state index contributed by atoms with van der Waals surface area (Å²) in [4.78, 5) is 11.0. The summed E-state index contributed by atoms with van der Waals surface area (Å²) in [7, 11) is 0. The van der Waals surface area contributed by atoms with Crippen molar-refractivity contribution in [1.29, 1.82) is 5.26 Å². The quantitative estimate of drug-likeness (QED) is 0.739. The van der Waals surface area contributed by atoms with Gasteiger partial charge in [0.15, 0.2) is 0 Å². The van der Waals surface area contributed by atoms with Crippen molar-refractivity contribution < 1.29 is 27.5 Å². The minimum absolute atomic E-state index is 0.115. The first-order valence-corrected chi connectivity index (χ1v) is 6.67. The van der Waals surface area contributed by atoms with Gasteiger partial charge in [-0.3, -0.25) is 0 Å². The monoisotopic (exact) mass is 331 g/mol. The molecule has 7 heteroatoms. The number of carboxylic acids is 1. The minimum Gasteiger partial charge on any atom is -0.478 e. The summed E-state index contributed by atoms with van der Waals surface area (Å²) in [5.74, 6) is -1.66. The lowest BCUT2D eigenvalue weighted by molar-refractivity contribution is -0.138. The zero-order chi connectivity index (χ0) is 17.5. The molecule has 24 heavy (non-hydrogen) atoms. The Morgan fingerprint density at radius 3 is 2.54 bits per heavy atom. The van der Waals surface area contributed by atoms with E-state index in [0.717, 1.165) is 12.1 Å². The van der Waals surface area contributed by atoms with Gasteiger partial charge in [-0.15, -0.1) is 0 Å². The normalized spacial score (nSPS) is 11.4. The third kappa shape index (κ3) is 2.58. The zero-order valence-electron chi connectivity index (χ0n) is 11.9. The van der Waals surface area contributed by atoms with E-state index < -0.39 is 23.3 Å². The number of nitriles is 1. The van der Waals surface area contributed by atoms with Gasteiger partial charge in [-0.2, -0.15) is 18.4 Å². The molecule has 3 rings (SSSR count). The number of hydrogen-bond donors (Lipinski definition) is 1. The molecule has 0 amide bonds. The van der Waals surface area contributed by atoms with Crippen LogP contribution in [0.2, 0.25) is 0 Å². The maximum atomic E-state index is 13.2. The van der Waals surface area contributed by atoms with Gasteiger partial charge >= 0.3 is 12.1 Å². The highest BCUT2D eigenvalue weighted by atomic mass is 19.4. The van der Waals surface area contributed by atoms with E-state index in [2.05, 4.69) is 0 Å². The second-order valence-corrected chi connectivity index (χ2v) is 5.04. The van der Waals surface area contributed by atoms with Crippen LogP contribution in [0.5, 0.6) is 0 Å². The number of halogens is 3. The molecule has 0 fully saturated rings. The predicted molar refractivity (Wildman–Crippen MR) is 78.3 cm³/mol. The summed E-state index contributed by atoms with van der Waals surface area (Å²) < 4.78 is 44.8. The topological polar surface area (TPSA) is 74.2 Å². The molecule has 0 bridgehead atoms. The smallest absolute Gasteiger partial charge is 0.417 e. The van der Waals surface area contributed by atoms with E-state index in [9.17, 15) is 18.0 Å². The molecule has 1 heterocycles. The third-order valence-electron chi connectivity index (χ3n) is 3.55. The Bertz CT molecular complexity index is 996. The highest BCUT2D eigenvalue weighted by Crippen LogP contribution is 2.37. The first-order valence-electron chi connectivity index (χ1n) is 6.67. The number of aromatic carboxylic acids is 1. The second kappa shape index (κ2) is 5.42. The predicted octanol–water partition coefficient (Wildman–Crippen LogP) is 4.69. The molecule has 0 radical (unpaired) electrons. The van der Waals surface area contributed by atoms with Crippen molar-refractivity contribution in [1.82, 2.24) is 0 Å². The summed E-state index contributed by atoms with van der Waals surface area (Å²) in [5, 5.41) is 18.6. The molecule has 0 saturated heterocycles. The van der Waals surface area contributed by atoms with Crippen LogP contribution in [-0.2, 0) is 6.18 Å². The first kappa shape index (κ1) is 15.6. The van der Waals surface area contributed by atoms with Crippen LogP contribution >= 0.6 is 0 Å². The van der Waals surface area contributed by atoms with Crippen molar-refractivity contribution >= 4 is 16.9 Å². The Morgan fingerprint density at radius 1 is 1.17 bits per heavy atom. The molecule has 0 atom stereocenters. The van der Waals surface area contributed by atoms with E-state index in [1.165, 1.54) is 18.4 Å². The first-order chi connectivity index (χ1) is 11.3. The summed E-state index contributed by atoms with van der Waals surface area (Å²) in [6, 6.07) is 9.40. The largest absolute Gasteiger partial charge is 0.478 e. The van der Waals surface area contributed by atoms with Gasteiger partial charge in [0.2, 0.25) is 0 Å². The van der Waals surface area contributed by atoms with Crippen LogP contribution in [0.15, 0.2) is 47.1 Å². The third-order valence-corrected chi connectivity index (χ3v) is 3.55. The van der Waals surface area contributed by atoms with E-state index in [1.807, 2.05) is 6.07 Å². The maximum Gasteiger partial charge on any atom is 0.417 e. The molecule has 0 aliphatic rings. The molecular formula is C17H8F3NO3. The fourth-order valence-electron chi connectivity index (χ4n) is 2.49. The molecule has 0 aliphatic heterocycles. The number of fused-ring (bicyclic) bond motifs is 1. The van der Waals surface area contributed by atoms with Crippen LogP contribution < -0.4 is 0 Å². The number of furan rings is 1. The maximum absolute atomic E-state index is 13.2. The molecule has 1 N–H and O–H groups in total. The van der Waals surface area contributed by atoms with Gasteiger partial charge < -0.3 is 9.52 Å².